The van der Waals surface area contributed by atoms with E-state index < -0.39 is 12.0 Å². The molecule has 1 unspecified atom stereocenters. The Balaban J connectivity index is 1.92. The van der Waals surface area contributed by atoms with Crippen LogP contribution in [-0.4, -0.2) is 27.7 Å². The van der Waals surface area contributed by atoms with Crippen LogP contribution in [0.5, 0.6) is 0 Å². The van der Waals surface area contributed by atoms with Crippen LogP contribution in [0.2, 0.25) is 0 Å². The van der Waals surface area contributed by atoms with Crippen molar-refractivity contribution in [1.82, 2.24) is 10.1 Å². The van der Waals surface area contributed by atoms with Crippen LogP contribution in [0.3, 0.4) is 0 Å². The minimum atomic E-state index is -0.816. The number of carbonyl (C=O) groups is 1. The zero-order valence-corrected chi connectivity index (χ0v) is 10.3. The molecule has 0 aliphatic carbocycles. The summed E-state index contributed by atoms with van der Waals surface area (Å²) in [6.45, 7) is 1.26. The van der Waals surface area contributed by atoms with Crippen molar-refractivity contribution in [3.8, 4) is 0 Å². The van der Waals surface area contributed by atoms with E-state index in [9.17, 15) is 9.90 Å². The predicted molar refractivity (Wildman–Crippen MR) is 67.4 cm³/mol. The van der Waals surface area contributed by atoms with Crippen LogP contribution in [-0.2, 0) is 17.8 Å². The van der Waals surface area contributed by atoms with E-state index >= 15 is 0 Å². The molecule has 5 nitrogen and oxygen atoms in total. The Labute approximate surface area is 110 Å². The molecule has 2 aromatic rings. The number of hydrogen-bond donors (Lipinski definition) is 1. The Hall–Kier alpha value is -2.14. The number of carboxylic acids is 1. The molecular formula is C14H14N2O3. The summed E-state index contributed by atoms with van der Waals surface area (Å²) in [6.07, 6.45) is 4.05. The summed E-state index contributed by atoms with van der Waals surface area (Å²) >= 11 is 0. The second-order valence-corrected chi connectivity index (χ2v) is 4.69. The fourth-order valence-electron chi connectivity index (χ4n) is 2.62. The first-order chi connectivity index (χ1) is 9.25. The summed E-state index contributed by atoms with van der Waals surface area (Å²) in [4.78, 5) is 13.5. The van der Waals surface area contributed by atoms with E-state index in [0.29, 0.717) is 6.54 Å². The van der Waals surface area contributed by atoms with E-state index in [1.165, 1.54) is 0 Å². The highest BCUT2D eigenvalue weighted by molar-refractivity contribution is 5.76. The molecule has 1 aromatic carbocycles. The largest absolute Gasteiger partial charge is 0.480 e. The lowest BCUT2D eigenvalue weighted by Crippen LogP contribution is -2.39. The molecule has 1 atom stereocenters. The molecule has 0 saturated carbocycles. The molecule has 0 bridgehead atoms. The summed E-state index contributed by atoms with van der Waals surface area (Å²) in [5.74, 6) is -0.816. The van der Waals surface area contributed by atoms with E-state index in [4.69, 9.17) is 4.52 Å². The normalized spacial score (nSPS) is 19.1. The standard InChI is InChI=1S/C14H14N2O3/c17-14(18)13-12-4-2-1-3-11(12)5-6-16(13)8-10-7-15-19-9-10/h1-4,7,9,13H,5-6,8H2,(H,17,18). The molecule has 98 valence electrons. The molecule has 19 heavy (non-hydrogen) atoms. The van der Waals surface area contributed by atoms with Crippen molar-refractivity contribution in [2.45, 2.75) is 19.0 Å². The Bertz CT molecular complexity index is 580. The molecule has 3 rings (SSSR count). The van der Waals surface area contributed by atoms with Crippen LogP contribution in [0.15, 0.2) is 41.2 Å². The highest BCUT2D eigenvalue weighted by Crippen LogP contribution is 2.30. The number of hydrogen-bond acceptors (Lipinski definition) is 4. The van der Waals surface area contributed by atoms with Gasteiger partial charge in [0.25, 0.3) is 0 Å². The number of rotatable bonds is 3. The van der Waals surface area contributed by atoms with Gasteiger partial charge in [-0.1, -0.05) is 29.4 Å². The number of aliphatic carboxylic acids is 1. The Morgan fingerprint density at radius 2 is 2.32 bits per heavy atom. The second kappa shape index (κ2) is 4.85. The van der Waals surface area contributed by atoms with Crippen molar-refractivity contribution >= 4 is 5.97 Å². The maximum absolute atomic E-state index is 11.6. The van der Waals surface area contributed by atoms with Crippen LogP contribution < -0.4 is 0 Å². The van der Waals surface area contributed by atoms with Crippen molar-refractivity contribution in [3.63, 3.8) is 0 Å². The van der Waals surface area contributed by atoms with Gasteiger partial charge in [0.15, 0.2) is 0 Å². The van der Waals surface area contributed by atoms with E-state index in [0.717, 1.165) is 29.7 Å². The number of benzene rings is 1. The molecule has 5 heteroatoms. The van der Waals surface area contributed by atoms with E-state index in [2.05, 4.69) is 5.16 Å². The van der Waals surface area contributed by atoms with Crippen molar-refractivity contribution in [3.05, 3.63) is 53.4 Å². The van der Waals surface area contributed by atoms with Crippen molar-refractivity contribution in [2.24, 2.45) is 0 Å². The lowest BCUT2D eigenvalue weighted by atomic mass is 9.92. The Kier molecular flexibility index (Phi) is 3.05. The molecule has 2 heterocycles. The minimum Gasteiger partial charge on any atom is -0.480 e. The molecule has 0 fully saturated rings. The fraction of sp³-hybridized carbons (Fsp3) is 0.286. The average Bonchev–Trinajstić information content (AvgIpc) is 2.91. The van der Waals surface area contributed by atoms with Gasteiger partial charge in [-0.15, -0.1) is 0 Å². The fourth-order valence-corrected chi connectivity index (χ4v) is 2.62. The van der Waals surface area contributed by atoms with Crippen LogP contribution >= 0.6 is 0 Å². The smallest absolute Gasteiger partial charge is 0.325 e. The van der Waals surface area contributed by atoms with Crippen LogP contribution in [0.25, 0.3) is 0 Å². The number of carboxylic acid groups (broad SMARTS) is 1. The first kappa shape index (κ1) is 11.9. The van der Waals surface area contributed by atoms with Gasteiger partial charge in [-0.05, 0) is 17.5 Å². The minimum absolute atomic E-state index is 0.537. The highest BCUT2D eigenvalue weighted by atomic mass is 16.5. The van der Waals surface area contributed by atoms with Gasteiger partial charge >= 0.3 is 5.97 Å². The molecular weight excluding hydrogens is 244 g/mol. The summed E-state index contributed by atoms with van der Waals surface area (Å²) < 4.78 is 4.80. The van der Waals surface area contributed by atoms with Crippen LogP contribution in [0, 0.1) is 0 Å². The predicted octanol–water partition coefficient (Wildman–Crippen LogP) is 1.86. The number of fused-ring (bicyclic) bond motifs is 1. The molecule has 0 radical (unpaired) electrons. The van der Waals surface area contributed by atoms with Gasteiger partial charge in [0.2, 0.25) is 0 Å². The van der Waals surface area contributed by atoms with Gasteiger partial charge < -0.3 is 9.63 Å². The van der Waals surface area contributed by atoms with Gasteiger partial charge in [0.05, 0.1) is 6.20 Å². The first-order valence-electron chi connectivity index (χ1n) is 6.18. The number of nitrogens with zero attached hydrogens (tertiary/aromatic N) is 2. The lowest BCUT2D eigenvalue weighted by Gasteiger charge is -2.34. The third-order valence-corrected chi connectivity index (χ3v) is 3.49. The van der Waals surface area contributed by atoms with Crippen LogP contribution in [0.1, 0.15) is 22.7 Å². The summed E-state index contributed by atoms with van der Waals surface area (Å²) in [7, 11) is 0. The second-order valence-electron chi connectivity index (χ2n) is 4.69. The van der Waals surface area contributed by atoms with E-state index in [1.54, 1.807) is 12.5 Å². The van der Waals surface area contributed by atoms with E-state index in [-0.39, 0.29) is 0 Å². The van der Waals surface area contributed by atoms with Gasteiger partial charge in [0.1, 0.15) is 12.3 Å². The van der Waals surface area contributed by atoms with Gasteiger partial charge in [-0.25, -0.2) is 0 Å². The summed E-state index contributed by atoms with van der Waals surface area (Å²) in [5, 5.41) is 13.2. The zero-order valence-electron chi connectivity index (χ0n) is 10.3. The van der Waals surface area contributed by atoms with Crippen molar-refractivity contribution < 1.29 is 14.4 Å². The third kappa shape index (κ3) is 2.24. The molecule has 1 N–H and O–H groups in total. The van der Waals surface area contributed by atoms with Crippen molar-refractivity contribution in [1.29, 1.82) is 0 Å². The monoisotopic (exact) mass is 258 g/mol. The molecule has 0 amide bonds. The quantitative estimate of drug-likeness (QED) is 0.910. The average molecular weight is 258 g/mol. The zero-order chi connectivity index (χ0) is 13.2. The Morgan fingerprint density at radius 1 is 1.47 bits per heavy atom. The maximum Gasteiger partial charge on any atom is 0.325 e. The molecule has 1 aromatic heterocycles. The Morgan fingerprint density at radius 3 is 3.05 bits per heavy atom. The summed E-state index contributed by atoms with van der Waals surface area (Å²) in [6, 6.07) is 7.14. The highest BCUT2D eigenvalue weighted by Gasteiger charge is 2.32. The number of aromatic nitrogens is 1. The van der Waals surface area contributed by atoms with Gasteiger partial charge in [-0.2, -0.15) is 0 Å². The third-order valence-electron chi connectivity index (χ3n) is 3.49. The van der Waals surface area contributed by atoms with Crippen molar-refractivity contribution in [2.75, 3.05) is 6.54 Å². The summed E-state index contributed by atoms with van der Waals surface area (Å²) in [5.41, 5.74) is 2.90. The molecule has 1 aliphatic heterocycles. The van der Waals surface area contributed by atoms with E-state index in [1.807, 2.05) is 29.2 Å². The molecule has 0 saturated heterocycles. The molecule has 0 spiro atoms. The van der Waals surface area contributed by atoms with Gasteiger partial charge in [0, 0.05) is 18.7 Å². The van der Waals surface area contributed by atoms with Gasteiger partial charge in [-0.3, -0.25) is 9.69 Å². The topological polar surface area (TPSA) is 66.6 Å². The maximum atomic E-state index is 11.6. The SMILES string of the molecule is O=C(O)C1c2ccccc2CCN1Cc1cnoc1. The van der Waals surface area contributed by atoms with Crippen LogP contribution in [0.4, 0.5) is 0 Å². The lowest BCUT2D eigenvalue weighted by molar-refractivity contribution is -0.144. The molecule has 1 aliphatic rings. The first-order valence-corrected chi connectivity index (χ1v) is 6.18.